The third-order valence-electron chi connectivity index (χ3n) is 7.98. The van der Waals surface area contributed by atoms with Crippen LogP contribution in [0, 0.1) is 6.92 Å². The molecule has 0 aromatic heterocycles. The van der Waals surface area contributed by atoms with Crippen LogP contribution in [0.25, 0.3) is 22.3 Å². The molecule has 51 heavy (non-hydrogen) atoms. The van der Waals surface area contributed by atoms with E-state index in [1.54, 1.807) is 36.4 Å². The van der Waals surface area contributed by atoms with Crippen LogP contribution in [-0.4, -0.2) is 34.0 Å². The number of carbonyl (C=O) groups excluding carboxylic acids is 2. The van der Waals surface area contributed by atoms with Crippen LogP contribution in [0.1, 0.15) is 47.0 Å². The standard InChI is InChI=1S/C41H31N3O7/c1-24-6-2-12-30(18-24)43-38(45)36-22-32(14-16-34(36)40(47)48)51-33-15-17-35(41(49)50)37(23-33)39(46)44-31-13-5-10-28(21-31)26-8-3-7-25(19-26)27-9-4-11-29(42)20-27/h2-23H,42H2,1H3,(H,43,45)(H,44,46)(H,47,48)(H,49,50). The Kier molecular flexibility index (Phi) is 9.58. The van der Waals surface area contributed by atoms with Crippen molar-refractivity contribution in [2.24, 2.45) is 0 Å². The summed E-state index contributed by atoms with van der Waals surface area (Å²) in [5.74, 6) is -3.80. The molecule has 0 aliphatic heterocycles. The first kappa shape index (κ1) is 33.7. The molecule has 10 heteroatoms. The van der Waals surface area contributed by atoms with Gasteiger partial charge in [0.2, 0.25) is 0 Å². The Labute approximate surface area is 292 Å². The van der Waals surface area contributed by atoms with Gasteiger partial charge in [0.25, 0.3) is 11.8 Å². The number of carboxylic acid groups (broad SMARTS) is 2. The number of nitrogens with two attached hydrogens (primary N) is 1. The Morgan fingerprint density at radius 1 is 0.510 bits per heavy atom. The van der Waals surface area contributed by atoms with Crippen molar-refractivity contribution < 1.29 is 34.1 Å². The van der Waals surface area contributed by atoms with E-state index in [1.807, 2.05) is 67.6 Å². The molecule has 0 radical (unpaired) electrons. The molecule has 0 heterocycles. The summed E-state index contributed by atoms with van der Waals surface area (Å²) in [6.45, 7) is 1.86. The predicted molar refractivity (Wildman–Crippen MR) is 196 cm³/mol. The molecule has 10 nitrogen and oxygen atoms in total. The average Bonchev–Trinajstić information content (AvgIpc) is 3.11. The normalized spacial score (nSPS) is 10.6. The van der Waals surface area contributed by atoms with Crippen LogP contribution in [0.2, 0.25) is 0 Å². The van der Waals surface area contributed by atoms with Crippen LogP contribution in [-0.2, 0) is 0 Å². The quantitative estimate of drug-likeness (QED) is 0.0898. The molecule has 0 aliphatic carbocycles. The lowest BCUT2D eigenvalue weighted by Gasteiger charge is -2.14. The minimum Gasteiger partial charge on any atom is -0.478 e. The summed E-state index contributed by atoms with van der Waals surface area (Å²) in [7, 11) is 0. The number of nitrogens with one attached hydrogen (secondary N) is 2. The molecule has 0 saturated carbocycles. The van der Waals surface area contributed by atoms with Gasteiger partial charge in [0.05, 0.1) is 22.3 Å². The number of hydrogen-bond acceptors (Lipinski definition) is 6. The summed E-state index contributed by atoms with van der Waals surface area (Å²) in [4.78, 5) is 50.8. The fourth-order valence-corrected chi connectivity index (χ4v) is 5.55. The first-order valence-corrected chi connectivity index (χ1v) is 15.7. The lowest BCUT2D eigenvalue weighted by atomic mass is 9.98. The van der Waals surface area contributed by atoms with Gasteiger partial charge in [-0.1, -0.05) is 54.6 Å². The van der Waals surface area contributed by atoms with Crippen LogP contribution in [0.15, 0.2) is 133 Å². The largest absolute Gasteiger partial charge is 0.478 e. The van der Waals surface area contributed by atoms with Crippen molar-refractivity contribution in [1.82, 2.24) is 0 Å². The summed E-state index contributed by atoms with van der Waals surface area (Å²) in [6, 6.07) is 37.4. The van der Waals surface area contributed by atoms with Crippen LogP contribution >= 0.6 is 0 Å². The van der Waals surface area contributed by atoms with Crippen LogP contribution < -0.4 is 21.1 Å². The number of anilines is 3. The number of ether oxygens (including phenoxy) is 1. The summed E-state index contributed by atoms with van der Waals surface area (Å²) < 4.78 is 5.93. The minimum absolute atomic E-state index is 0.0883. The highest BCUT2D eigenvalue weighted by Crippen LogP contribution is 2.31. The molecule has 0 fully saturated rings. The smallest absolute Gasteiger partial charge is 0.336 e. The van der Waals surface area contributed by atoms with Gasteiger partial charge in [-0.15, -0.1) is 0 Å². The van der Waals surface area contributed by atoms with Crippen LogP contribution in [0.5, 0.6) is 11.5 Å². The van der Waals surface area contributed by atoms with Crippen molar-refractivity contribution in [2.75, 3.05) is 16.4 Å². The van der Waals surface area contributed by atoms with Gasteiger partial charge in [-0.2, -0.15) is 0 Å². The maximum Gasteiger partial charge on any atom is 0.336 e. The molecule has 6 N–H and O–H groups in total. The molecule has 0 saturated heterocycles. The van der Waals surface area contributed by atoms with Crippen molar-refractivity contribution in [3.05, 3.63) is 161 Å². The number of carboxylic acids is 2. The van der Waals surface area contributed by atoms with Gasteiger partial charge in [0.1, 0.15) is 11.5 Å². The Hall–Kier alpha value is -7.20. The lowest BCUT2D eigenvalue weighted by Crippen LogP contribution is -2.17. The van der Waals surface area contributed by atoms with E-state index in [1.165, 1.54) is 36.4 Å². The van der Waals surface area contributed by atoms with E-state index in [2.05, 4.69) is 10.6 Å². The molecule has 0 atom stereocenters. The van der Waals surface area contributed by atoms with E-state index < -0.39 is 23.8 Å². The second-order valence-electron chi connectivity index (χ2n) is 11.7. The van der Waals surface area contributed by atoms with Crippen molar-refractivity contribution in [2.45, 2.75) is 6.92 Å². The number of benzene rings is 6. The molecular formula is C41H31N3O7. The summed E-state index contributed by atoms with van der Waals surface area (Å²) in [5, 5.41) is 25.1. The topological polar surface area (TPSA) is 168 Å². The molecule has 6 aromatic rings. The average molecular weight is 678 g/mol. The van der Waals surface area contributed by atoms with Gasteiger partial charge in [-0.25, -0.2) is 9.59 Å². The molecule has 0 aliphatic rings. The van der Waals surface area contributed by atoms with E-state index in [4.69, 9.17) is 10.5 Å². The SMILES string of the molecule is Cc1cccc(NC(=O)c2cc(Oc3ccc(C(=O)O)c(C(=O)Nc4cccc(-c5cccc(-c6cccc(N)c6)c5)c4)c3)ccc2C(=O)O)c1. The monoisotopic (exact) mass is 677 g/mol. The Bertz CT molecular complexity index is 2330. The number of nitrogen functional groups attached to an aromatic ring is 1. The Morgan fingerprint density at radius 2 is 0.961 bits per heavy atom. The van der Waals surface area contributed by atoms with E-state index >= 15 is 0 Å². The van der Waals surface area contributed by atoms with Crippen molar-refractivity contribution in [1.29, 1.82) is 0 Å². The van der Waals surface area contributed by atoms with E-state index in [9.17, 15) is 29.4 Å². The first-order chi connectivity index (χ1) is 24.5. The van der Waals surface area contributed by atoms with Gasteiger partial charge in [0, 0.05) is 17.1 Å². The number of hydrogen-bond donors (Lipinski definition) is 5. The van der Waals surface area contributed by atoms with Crippen LogP contribution in [0.3, 0.4) is 0 Å². The summed E-state index contributed by atoms with van der Waals surface area (Å²) >= 11 is 0. The predicted octanol–water partition coefficient (Wildman–Crippen LogP) is 8.60. The van der Waals surface area contributed by atoms with E-state index in [0.717, 1.165) is 27.8 Å². The van der Waals surface area contributed by atoms with Crippen molar-refractivity contribution in [3.8, 4) is 33.8 Å². The highest BCUT2D eigenvalue weighted by atomic mass is 16.5. The Balaban J connectivity index is 1.25. The van der Waals surface area contributed by atoms with Gasteiger partial charge < -0.3 is 31.3 Å². The maximum absolute atomic E-state index is 13.6. The summed E-state index contributed by atoms with van der Waals surface area (Å²) in [6.07, 6.45) is 0. The maximum atomic E-state index is 13.6. The van der Waals surface area contributed by atoms with Crippen LogP contribution in [0.4, 0.5) is 17.1 Å². The van der Waals surface area contributed by atoms with Crippen molar-refractivity contribution >= 4 is 40.8 Å². The number of aryl methyl sites for hydroxylation is 1. The molecule has 0 bridgehead atoms. The molecular weight excluding hydrogens is 646 g/mol. The highest BCUT2D eigenvalue weighted by molar-refractivity contribution is 6.12. The number of aromatic carboxylic acids is 2. The molecule has 6 aromatic carbocycles. The van der Waals surface area contributed by atoms with Gasteiger partial charge in [-0.05, 0) is 114 Å². The third-order valence-corrected chi connectivity index (χ3v) is 7.98. The van der Waals surface area contributed by atoms with E-state index in [0.29, 0.717) is 17.1 Å². The van der Waals surface area contributed by atoms with Crippen molar-refractivity contribution in [3.63, 3.8) is 0 Å². The molecule has 0 unspecified atom stereocenters. The van der Waals surface area contributed by atoms with Gasteiger partial charge in [-0.3, -0.25) is 9.59 Å². The zero-order valence-corrected chi connectivity index (χ0v) is 27.2. The second-order valence-corrected chi connectivity index (χ2v) is 11.7. The number of rotatable bonds is 10. The lowest BCUT2D eigenvalue weighted by molar-refractivity contribution is 0.0683. The minimum atomic E-state index is -1.32. The fourth-order valence-electron chi connectivity index (χ4n) is 5.55. The van der Waals surface area contributed by atoms with Gasteiger partial charge in [0.15, 0.2) is 0 Å². The van der Waals surface area contributed by atoms with Gasteiger partial charge >= 0.3 is 11.9 Å². The molecule has 2 amide bonds. The number of amides is 2. The third kappa shape index (κ3) is 7.93. The second kappa shape index (κ2) is 14.5. The zero-order valence-electron chi connectivity index (χ0n) is 27.2. The fraction of sp³-hybridized carbons (Fsp3) is 0.0244. The Morgan fingerprint density at radius 3 is 1.47 bits per heavy atom. The number of carbonyl (C=O) groups is 4. The molecule has 252 valence electrons. The first-order valence-electron chi connectivity index (χ1n) is 15.7. The van der Waals surface area contributed by atoms with E-state index in [-0.39, 0.29) is 33.8 Å². The summed E-state index contributed by atoms with van der Waals surface area (Å²) in [5.41, 5.74) is 11.3. The zero-order chi connectivity index (χ0) is 36.1. The highest BCUT2D eigenvalue weighted by Gasteiger charge is 2.21. The molecule has 0 spiro atoms. The molecule has 6 rings (SSSR count).